The molecule has 130 valence electrons. The standard InChI is InChI=1S/C18H23FN2O3/c1-12-5-6-13(7-14(12)19)15(22)20-8-18(9-20)10-21(11-18)16(23)24-17(2,3)4/h5-7H,8-11H2,1-4H3. The van der Waals surface area contributed by atoms with Gasteiger partial charge < -0.3 is 14.5 Å². The van der Waals surface area contributed by atoms with Crippen LogP contribution in [0.3, 0.4) is 0 Å². The highest BCUT2D eigenvalue weighted by atomic mass is 19.1. The number of halogens is 1. The Hall–Kier alpha value is -2.11. The molecule has 1 spiro atoms. The molecule has 0 radical (unpaired) electrons. The normalized spacial score (nSPS) is 18.9. The van der Waals surface area contributed by atoms with Gasteiger partial charge in [-0.3, -0.25) is 4.79 Å². The number of benzene rings is 1. The maximum absolute atomic E-state index is 13.6. The van der Waals surface area contributed by atoms with E-state index in [0.717, 1.165) is 0 Å². The van der Waals surface area contributed by atoms with E-state index in [1.165, 1.54) is 6.07 Å². The third kappa shape index (κ3) is 3.09. The molecule has 2 aliphatic rings. The predicted octanol–water partition coefficient (Wildman–Crippen LogP) is 2.83. The monoisotopic (exact) mass is 334 g/mol. The molecule has 0 N–H and O–H groups in total. The first-order chi connectivity index (χ1) is 11.1. The van der Waals surface area contributed by atoms with Gasteiger partial charge in [0.05, 0.1) is 0 Å². The Morgan fingerprint density at radius 3 is 2.25 bits per heavy atom. The van der Waals surface area contributed by atoms with Gasteiger partial charge in [-0.25, -0.2) is 9.18 Å². The molecular weight excluding hydrogens is 311 g/mol. The zero-order valence-electron chi connectivity index (χ0n) is 14.6. The fourth-order valence-electron chi connectivity index (χ4n) is 3.23. The van der Waals surface area contributed by atoms with Crippen molar-refractivity contribution in [3.8, 4) is 0 Å². The van der Waals surface area contributed by atoms with E-state index in [1.54, 1.807) is 28.9 Å². The molecule has 2 fully saturated rings. The molecule has 2 aliphatic heterocycles. The second-order valence-corrected chi connectivity index (χ2v) is 7.96. The van der Waals surface area contributed by atoms with E-state index in [9.17, 15) is 14.0 Å². The Balaban J connectivity index is 1.52. The van der Waals surface area contributed by atoms with Crippen LogP contribution in [0.1, 0.15) is 36.7 Å². The number of carbonyl (C=O) groups is 2. The highest BCUT2D eigenvalue weighted by Gasteiger charge is 2.55. The lowest BCUT2D eigenvalue weighted by atomic mass is 9.73. The van der Waals surface area contributed by atoms with Gasteiger partial charge in [0.1, 0.15) is 11.4 Å². The zero-order valence-corrected chi connectivity index (χ0v) is 14.6. The SMILES string of the molecule is Cc1ccc(C(=O)N2CC3(CN(C(=O)OC(C)(C)C)C3)C2)cc1F. The van der Waals surface area contributed by atoms with E-state index < -0.39 is 5.60 Å². The lowest BCUT2D eigenvalue weighted by molar-refractivity contribution is -0.0980. The Morgan fingerprint density at radius 1 is 1.12 bits per heavy atom. The van der Waals surface area contributed by atoms with Gasteiger partial charge in [-0.2, -0.15) is 0 Å². The highest BCUT2D eigenvalue weighted by molar-refractivity contribution is 5.95. The van der Waals surface area contributed by atoms with E-state index in [2.05, 4.69) is 0 Å². The van der Waals surface area contributed by atoms with Gasteiger partial charge in [0.15, 0.2) is 0 Å². The Bertz CT molecular complexity index is 682. The minimum Gasteiger partial charge on any atom is -0.444 e. The second kappa shape index (κ2) is 5.46. The second-order valence-electron chi connectivity index (χ2n) is 7.96. The molecule has 5 nitrogen and oxygen atoms in total. The number of amides is 2. The van der Waals surface area contributed by atoms with Crippen molar-refractivity contribution in [1.29, 1.82) is 0 Å². The summed E-state index contributed by atoms with van der Waals surface area (Å²) in [6.07, 6.45) is -0.307. The molecule has 0 saturated carbocycles. The Labute approximate surface area is 141 Å². The largest absolute Gasteiger partial charge is 0.444 e. The summed E-state index contributed by atoms with van der Waals surface area (Å²) in [5.41, 5.74) is 0.377. The molecule has 0 unspecified atom stereocenters. The molecule has 0 aromatic heterocycles. The van der Waals surface area contributed by atoms with Crippen molar-refractivity contribution in [3.63, 3.8) is 0 Å². The summed E-state index contributed by atoms with van der Waals surface area (Å²) >= 11 is 0. The van der Waals surface area contributed by atoms with Crippen molar-refractivity contribution in [2.45, 2.75) is 33.3 Å². The summed E-state index contributed by atoms with van der Waals surface area (Å²) in [6, 6.07) is 4.56. The van der Waals surface area contributed by atoms with Gasteiger partial charge in [-0.05, 0) is 45.4 Å². The van der Waals surface area contributed by atoms with Crippen LogP contribution in [0.4, 0.5) is 9.18 Å². The van der Waals surface area contributed by atoms with Crippen LogP contribution in [0.15, 0.2) is 18.2 Å². The molecule has 6 heteroatoms. The van der Waals surface area contributed by atoms with Crippen molar-refractivity contribution < 1.29 is 18.7 Å². The van der Waals surface area contributed by atoms with Crippen molar-refractivity contribution in [2.75, 3.05) is 26.2 Å². The van der Waals surface area contributed by atoms with E-state index >= 15 is 0 Å². The Kier molecular flexibility index (Phi) is 3.81. The first kappa shape index (κ1) is 16.7. The van der Waals surface area contributed by atoms with Crippen LogP contribution in [0.5, 0.6) is 0 Å². The number of likely N-dealkylation sites (tertiary alicyclic amines) is 2. The van der Waals surface area contributed by atoms with Crippen LogP contribution in [-0.2, 0) is 4.74 Å². The lowest BCUT2D eigenvalue weighted by Gasteiger charge is -2.59. The van der Waals surface area contributed by atoms with Crippen LogP contribution in [0, 0.1) is 18.2 Å². The molecule has 2 heterocycles. The average molecular weight is 334 g/mol. The lowest BCUT2D eigenvalue weighted by Crippen LogP contribution is -2.73. The summed E-state index contributed by atoms with van der Waals surface area (Å²) in [7, 11) is 0. The van der Waals surface area contributed by atoms with Crippen molar-refractivity contribution in [2.24, 2.45) is 5.41 Å². The maximum atomic E-state index is 13.6. The predicted molar refractivity (Wildman–Crippen MR) is 87.3 cm³/mol. The summed E-state index contributed by atoms with van der Waals surface area (Å²) < 4.78 is 18.9. The number of hydrogen-bond acceptors (Lipinski definition) is 3. The van der Waals surface area contributed by atoms with Gasteiger partial charge in [0.25, 0.3) is 5.91 Å². The molecule has 1 aromatic carbocycles. The summed E-state index contributed by atoms with van der Waals surface area (Å²) in [4.78, 5) is 27.7. The molecule has 3 rings (SSSR count). The van der Waals surface area contributed by atoms with Gasteiger partial charge in [-0.1, -0.05) is 6.07 Å². The van der Waals surface area contributed by atoms with Gasteiger partial charge >= 0.3 is 6.09 Å². The first-order valence-electron chi connectivity index (χ1n) is 8.12. The summed E-state index contributed by atoms with van der Waals surface area (Å²) in [5.74, 6) is -0.522. The third-order valence-corrected chi connectivity index (χ3v) is 4.46. The molecule has 0 aliphatic carbocycles. The van der Waals surface area contributed by atoms with Crippen molar-refractivity contribution in [1.82, 2.24) is 9.80 Å². The molecule has 1 aromatic rings. The van der Waals surface area contributed by atoms with Crippen molar-refractivity contribution >= 4 is 12.0 Å². The smallest absolute Gasteiger partial charge is 0.410 e. The third-order valence-electron chi connectivity index (χ3n) is 4.46. The number of ether oxygens (including phenoxy) is 1. The number of nitrogens with zero attached hydrogens (tertiary/aromatic N) is 2. The topological polar surface area (TPSA) is 49.9 Å². The summed E-state index contributed by atoms with van der Waals surface area (Å²) in [6.45, 7) is 9.59. The van der Waals surface area contributed by atoms with Crippen LogP contribution in [0.25, 0.3) is 0 Å². The quantitative estimate of drug-likeness (QED) is 0.793. The molecule has 2 saturated heterocycles. The number of carbonyl (C=O) groups excluding carboxylic acids is 2. The Morgan fingerprint density at radius 2 is 1.71 bits per heavy atom. The van der Waals surface area contributed by atoms with Crippen LogP contribution in [-0.4, -0.2) is 53.6 Å². The molecule has 24 heavy (non-hydrogen) atoms. The van der Waals surface area contributed by atoms with E-state index in [4.69, 9.17) is 4.74 Å². The molecule has 2 amide bonds. The fraction of sp³-hybridized carbons (Fsp3) is 0.556. The maximum Gasteiger partial charge on any atom is 0.410 e. The number of rotatable bonds is 1. The first-order valence-corrected chi connectivity index (χ1v) is 8.12. The van der Waals surface area contributed by atoms with E-state index in [0.29, 0.717) is 37.3 Å². The van der Waals surface area contributed by atoms with E-state index in [1.807, 2.05) is 20.8 Å². The zero-order chi connectivity index (χ0) is 17.7. The molecule has 0 atom stereocenters. The number of aryl methyl sites for hydroxylation is 1. The minimum absolute atomic E-state index is 0.0180. The van der Waals surface area contributed by atoms with Gasteiger partial charge in [0.2, 0.25) is 0 Å². The molecular formula is C18H23FN2O3. The summed E-state index contributed by atoms with van der Waals surface area (Å²) in [5, 5.41) is 0. The van der Waals surface area contributed by atoms with Crippen molar-refractivity contribution in [3.05, 3.63) is 35.1 Å². The highest BCUT2D eigenvalue weighted by Crippen LogP contribution is 2.40. The van der Waals surface area contributed by atoms with Crippen LogP contribution < -0.4 is 0 Å². The van der Waals surface area contributed by atoms with Crippen LogP contribution in [0.2, 0.25) is 0 Å². The van der Waals surface area contributed by atoms with Gasteiger partial charge in [0, 0.05) is 37.2 Å². The van der Waals surface area contributed by atoms with Crippen LogP contribution >= 0.6 is 0 Å². The molecule has 0 bridgehead atoms. The van der Waals surface area contributed by atoms with Gasteiger partial charge in [-0.15, -0.1) is 0 Å². The average Bonchev–Trinajstić information content (AvgIpc) is 2.36. The number of hydrogen-bond donors (Lipinski definition) is 0. The fourth-order valence-corrected chi connectivity index (χ4v) is 3.23. The van der Waals surface area contributed by atoms with E-state index in [-0.39, 0.29) is 23.2 Å². The minimum atomic E-state index is -0.503.